The summed E-state index contributed by atoms with van der Waals surface area (Å²) >= 11 is 0. The fourth-order valence-electron chi connectivity index (χ4n) is 2.58. The van der Waals surface area contributed by atoms with Gasteiger partial charge >= 0.3 is 0 Å². The number of piperazine rings is 1. The molecule has 1 atom stereocenters. The second-order valence-electron chi connectivity index (χ2n) is 5.45. The third kappa shape index (κ3) is 3.05. The number of amides is 1. The average molecular weight is 278 g/mol. The highest BCUT2D eigenvalue weighted by molar-refractivity contribution is 5.98. The van der Waals surface area contributed by atoms with Crippen LogP contribution in [0.5, 0.6) is 0 Å². The van der Waals surface area contributed by atoms with Gasteiger partial charge in [-0.15, -0.1) is 0 Å². The van der Waals surface area contributed by atoms with Crippen molar-refractivity contribution in [3.8, 4) is 0 Å². The maximum Gasteiger partial charge on any atom is 0.254 e. The van der Waals surface area contributed by atoms with Crippen LogP contribution in [0.2, 0.25) is 0 Å². The molecule has 1 aromatic rings. The first kappa shape index (κ1) is 14.7. The third-order valence-electron chi connectivity index (χ3n) is 3.81. The highest BCUT2D eigenvalue weighted by atomic mass is 16.1. The topological polar surface area (TPSA) is 101 Å². The highest BCUT2D eigenvalue weighted by Crippen LogP contribution is 2.15. The van der Waals surface area contributed by atoms with Gasteiger partial charge in [0.05, 0.1) is 5.69 Å². The van der Waals surface area contributed by atoms with E-state index in [-0.39, 0.29) is 11.4 Å². The minimum Gasteiger partial charge on any atom is -0.383 e. The van der Waals surface area contributed by atoms with Crippen LogP contribution in [0.25, 0.3) is 0 Å². The number of primary amides is 1. The van der Waals surface area contributed by atoms with Crippen LogP contribution in [-0.2, 0) is 6.42 Å². The van der Waals surface area contributed by atoms with Gasteiger partial charge in [0.2, 0.25) is 0 Å². The Morgan fingerprint density at radius 1 is 1.35 bits per heavy atom. The van der Waals surface area contributed by atoms with Crippen molar-refractivity contribution in [2.45, 2.75) is 19.4 Å². The van der Waals surface area contributed by atoms with E-state index in [1.165, 1.54) is 0 Å². The molecule has 110 valence electrons. The molecule has 1 unspecified atom stereocenters. The molecule has 7 heteroatoms. The second-order valence-corrected chi connectivity index (χ2v) is 5.45. The molecule has 0 radical (unpaired) electrons. The molecule has 4 N–H and O–H groups in total. The van der Waals surface area contributed by atoms with E-state index in [1.54, 1.807) is 6.92 Å². The standard InChI is InChI=1S/C13H22N6O/c1-8-11(13(15)20)12(14)17-10(16-8)6-9-7-18(2)4-5-19(9)3/h9H,4-7H2,1-3H3,(H2,15,20)(H2,14,16,17). The first-order valence-electron chi connectivity index (χ1n) is 6.70. The van der Waals surface area contributed by atoms with E-state index in [0.29, 0.717) is 24.0 Å². The molecule has 1 aromatic heterocycles. The van der Waals surface area contributed by atoms with Gasteiger partial charge in [-0.25, -0.2) is 9.97 Å². The molecule has 20 heavy (non-hydrogen) atoms. The van der Waals surface area contributed by atoms with E-state index in [2.05, 4.69) is 33.9 Å². The number of aryl methyl sites for hydroxylation is 1. The molecule has 1 aliphatic rings. The Morgan fingerprint density at radius 3 is 2.65 bits per heavy atom. The van der Waals surface area contributed by atoms with Crippen molar-refractivity contribution in [2.24, 2.45) is 5.73 Å². The number of hydrogen-bond acceptors (Lipinski definition) is 6. The van der Waals surface area contributed by atoms with E-state index in [9.17, 15) is 4.79 Å². The SMILES string of the molecule is Cc1nc(CC2CN(C)CCN2C)nc(N)c1C(N)=O. The second kappa shape index (κ2) is 5.72. The summed E-state index contributed by atoms with van der Waals surface area (Å²) in [6.07, 6.45) is 0.713. The quantitative estimate of drug-likeness (QED) is 0.754. The Labute approximate surface area is 119 Å². The molecule has 0 aliphatic carbocycles. The summed E-state index contributed by atoms with van der Waals surface area (Å²) in [5.41, 5.74) is 11.9. The van der Waals surface area contributed by atoms with E-state index in [1.807, 2.05) is 0 Å². The lowest BCUT2D eigenvalue weighted by atomic mass is 10.1. The summed E-state index contributed by atoms with van der Waals surface area (Å²) < 4.78 is 0. The monoisotopic (exact) mass is 278 g/mol. The van der Waals surface area contributed by atoms with Crippen LogP contribution in [-0.4, -0.2) is 65.4 Å². The molecule has 0 spiro atoms. The molecule has 1 aliphatic heterocycles. The number of rotatable bonds is 3. The van der Waals surface area contributed by atoms with Crippen molar-refractivity contribution in [2.75, 3.05) is 39.5 Å². The predicted octanol–water partition coefficient (Wildman–Crippen LogP) is -0.746. The molecule has 1 amide bonds. The highest BCUT2D eigenvalue weighted by Gasteiger charge is 2.24. The number of aromatic nitrogens is 2. The number of nitrogens with two attached hydrogens (primary N) is 2. The number of carbonyl (C=O) groups is 1. The van der Waals surface area contributed by atoms with Crippen LogP contribution >= 0.6 is 0 Å². The van der Waals surface area contributed by atoms with Crippen LogP contribution in [0.1, 0.15) is 21.9 Å². The Hall–Kier alpha value is -1.73. The lowest BCUT2D eigenvalue weighted by Gasteiger charge is -2.37. The summed E-state index contributed by atoms with van der Waals surface area (Å²) in [5, 5.41) is 0. The van der Waals surface area contributed by atoms with Gasteiger partial charge in [0.25, 0.3) is 5.91 Å². The normalized spacial score (nSPS) is 21.1. The van der Waals surface area contributed by atoms with E-state index >= 15 is 0 Å². The van der Waals surface area contributed by atoms with Crippen LogP contribution in [0.15, 0.2) is 0 Å². The molecule has 2 heterocycles. The fraction of sp³-hybridized carbons (Fsp3) is 0.615. The van der Waals surface area contributed by atoms with Crippen molar-refractivity contribution < 1.29 is 4.79 Å². The lowest BCUT2D eigenvalue weighted by molar-refractivity contribution is 0.0999. The van der Waals surface area contributed by atoms with Crippen molar-refractivity contribution in [3.63, 3.8) is 0 Å². The van der Waals surface area contributed by atoms with Crippen LogP contribution < -0.4 is 11.5 Å². The Kier molecular flexibility index (Phi) is 4.20. The van der Waals surface area contributed by atoms with Crippen LogP contribution in [0, 0.1) is 6.92 Å². The first-order valence-corrected chi connectivity index (χ1v) is 6.70. The van der Waals surface area contributed by atoms with Gasteiger partial charge in [0.15, 0.2) is 0 Å². The number of nitrogen functional groups attached to an aromatic ring is 1. The first-order chi connectivity index (χ1) is 9.38. The molecular formula is C13H22N6O. The molecule has 1 fully saturated rings. The molecule has 0 bridgehead atoms. The van der Waals surface area contributed by atoms with E-state index in [4.69, 9.17) is 11.5 Å². The van der Waals surface area contributed by atoms with Gasteiger partial charge in [-0.3, -0.25) is 4.79 Å². The van der Waals surface area contributed by atoms with Gasteiger partial charge in [-0.05, 0) is 21.0 Å². The molecule has 0 aromatic carbocycles. The maximum absolute atomic E-state index is 11.3. The van der Waals surface area contributed by atoms with E-state index in [0.717, 1.165) is 19.6 Å². The van der Waals surface area contributed by atoms with Crippen molar-refractivity contribution in [3.05, 3.63) is 17.1 Å². The largest absolute Gasteiger partial charge is 0.383 e. The zero-order valence-electron chi connectivity index (χ0n) is 12.3. The summed E-state index contributed by atoms with van der Waals surface area (Å²) in [4.78, 5) is 24.5. The van der Waals surface area contributed by atoms with Crippen molar-refractivity contribution in [1.29, 1.82) is 0 Å². The number of hydrogen-bond donors (Lipinski definition) is 2. The fourth-order valence-corrected chi connectivity index (χ4v) is 2.58. The van der Waals surface area contributed by atoms with Crippen LogP contribution in [0.4, 0.5) is 5.82 Å². The Morgan fingerprint density at radius 2 is 2.05 bits per heavy atom. The number of carbonyl (C=O) groups excluding carboxylic acids is 1. The zero-order valence-corrected chi connectivity index (χ0v) is 12.3. The van der Waals surface area contributed by atoms with Gasteiger partial charge in [-0.2, -0.15) is 0 Å². The van der Waals surface area contributed by atoms with E-state index < -0.39 is 5.91 Å². The van der Waals surface area contributed by atoms with Gasteiger partial charge < -0.3 is 21.3 Å². The maximum atomic E-state index is 11.3. The van der Waals surface area contributed by atoms with Crippen LogP contribution in [0.3, 0.4) is 0 Å². The zero-order chi connectivity index (χ0) is 14.9. The molecule has 2 rings (SSSR count). The summed E-state index contributed by atoms with van der Waals surface area (Å²) in [6, 6.07) is 0.354. The Balaban J connectivity index is 2.19. The smallest absolute Gasteiger partial charge is 0.254 e. The number of anilines is 1. The van der Waals surface area contributed by atoms with Gasteiger partial charge in [0.1, 0.15) is 17.2 Å². The minimum absolute atomic E-state index is 0.173. The van der Waals surface area contributed by atoms with Crippen molar-refractivity contribution in [1.82, 2.24) is 19.8 Å². The number of nitrogens with zero attached hydrogens (tertiary/aromatic N) is 4. The molecule has 1 saturated heterocycles. The lowest BCUT2D eigenvalue weighted by Crippen LogP contribution is -2.51. The number of likely N-dealkylation sites (N-methyl/N-ethyl adjacent to an activating group) is 2. The minimum atomic E-state index is -0.582. The predicted molar refractivity (Wildman–Crippen MR) is 77.3 cm³/mol. The third-order valence-corrected chi connectivity index (χ3v) is 3.81. The summed E-state index contributed by atoms with van der Waals surface area (Å²) in [6.45, 7) is 4.79. The van der Waals surface area contributed by atoms with Gasteiger partial charge in [-0.1, -0.05) is 0 Å². The Bertz CT molecular complexity index is 495. The summed E-state index contributed by atoms with van der Waals surface area (Å²) in [7, 11) is 4.21. The van der Waals surface area contributed by atoms with Gasteiger partial charge in [0, 0.05) is 32.1 Å². The van der Waals surface area contributed by atoms with Crippen molar-refractivity contribution >= 4 is 11.7 Å². The average Bonchev–Trinajstić information content (AvgIpc) is 2.32. The molecule has 0 saturated carbocycles. The summed E-state index contributed by atoms with van der Waals surface area (Å²) in [5.74, 6) is 0.255. The molecule has 7 nitrogen and oxygen atoms in total. The molecular weight excluding hydrogens is 256 g/mol.